The maximum Gasteiger partial charge on any atom is 0.218 e. The molecule has 0 unspecified atom stereocenters. The lowest BCUT2D eigenvalue weighted by atomic mass is 10.1. The Morgan fingerprint density at radius 1 is 1.08 bits per heavy atom. The second-order valence-electron chi connectivity index (χ2n) is 6.28. The van der Waals surface area contributed by atoms with Crippen LogP contribution in [-0.2, 0) is 11.3 Å². The molecule has 5 nitrogen and oxygen atoms in total. The fourth-order valence-corrected chi connectivity index (χ4v) is 3.22. The van der Waals surface area contributed by atoms with Crippen molar-refractivity contribution in [2.24, 2.45) is 5.73 Å². The van der Waals surface area contributed by atoms with Crippen LogP contribution in [0, 0.1) is 5.82 Å². The highest BCUT2D eigenvalue weighted by Crippen LogP contribution is 2.31. The van der Waals surface area contributed by atoms with Gasteiger partial charge in [0.2, 0.25) is 6.41 Å². The van der Waals surface area contributed by atoms with Gasteiger partial charge in [0.1, 0.15) is 5.82 Å². The van der Waals surface area contributed by atoms with E-state index in [1.54, 1.807) is 18.2 Å². The molecule has 2 aromatic carbocycles. The molecule has 0 aliphatic carbocycles. The lowest BCUT2D eigenvalue weighted by Gasteiger charge is -2.30. The Morgan fingerprint density at radius 3 is 2.48 bits per heavy atom. The van der Waals surface area contributed by atoms with Gasteiger partial charge in [-0.05, 0) is 55.2 Å². The van der Waals surface area contributed by atoms with Gasteiger partial charge in [-0.25, -0.2) is 4.39 Å². The van der Waals surface area contributed by atoms with Crippen LogP contribution in [0.15, 0.2) is 36.4 Å². The molecule has 2 aromatic rings. The van der Waals surface area contributed by atoms with Crippen molar-refractivity contribution in [2.75, 3.05) is 28.6 Å². The molecule has 6 heteroatoms. The number of amides is 1. The number of rotatable bonds is 5. The average molecular weight is 342 g/mol. The van der Waals surface area contributed by atoms with Gasteiger partial charge in [0.25, 0.3) is 0 Å². The molecule has 0 saturated carbocycles. The van der Waals surface area contributed by atoms with Crippen LogP contribution in [0.4, 0.5) is 27.1 Å². The predicted octanol–water partition coefficient (Wildman–Crippen LogP) is 3.15. The van der Waals surface area contributed by atoms with E-state index in [9.17, 15) is 9.18 Å². The van der Waals surface area contributed by atoms with E-state index in [1.807, 2.05) is 6.07 Å². The third kappa shape index (κ3) is 3.74. The summed E-state index contributed by atoms with van der Waals surface area (Å²) in [4.78, 5) is 15.2. The maximum absolute atomic E-state index is 14.2. The first-order valence-electron chi connectivity index (χ1n) is 8.51. The molecule has 0 spiro atoms. The van der Waals surface area contributed by atoms with Gasteiger partial charge in [-0.15, -0.1) is 0 Å². The van der Waals surface area contributed by atoms with E-state index < -0.39 is 0 Å². The molecule has 1 heterocycles. The number of nitrogens with zero attached hydrogens (tertiary/aromatic N) is 2. The van der Waals surface area contributed by atoms with Crippen LogP contribution in [0.25, 0.3) is 0 Å². The number of carbonyl (C=O) groups is 1. The number of halogens is 1. The molecule has 1 fully saturated rings. The highest BCUT2D eigenvalue weighted by Gasteiger charge is 2.16. The van der Waals surface area contributed by atoms with Crippen LogP contribution in [0.5, 0.6) is 0 Å². The van der Waals surface area contributed by atoms with E-state index in [0.29, 0.717) is 30.0 Å². The van der Waals surface area contributed by atoms with Gasteiger partial charge in [-0.3, -0.25) is 9.69 Å². The van der Waals surface area contributed by atoms with Crippen LogP contribution < -0.4 is 21.3 Å². The second-order valence-corrected chi connectivity index (χ2v) is 6.28. The van der Waals surface area contributed by atoms with Gasteiger partial charge in [-0.1, -0.05) is 6.07 Å². The molecule has 0 aromatic heterocycles. The fourth-order valence-electron chi connectivity index (χ4n) is 3.22. The number of hydrogen-bond acceptors (Lipinski definition) is 4. The third-order valence-corrected chi connectivity index (χ3v) is 4.60. The van der Waals surface area contributed by atoms with Gasteiger partial charge >= 0.3 is 0 Å². The van der Waals surface area contributed by atoms with E-state index in [-0.39, 0.29) is 5.82 Å². The number of piperidine rings is 1. The maximum atomic E-state index is 14.2. The molecule has 3 rings (SSSR count). The Labute approximate surface area is 147 Å². The molecule has 4 N–H and O–H groups in total. The van der Waals surface area contributed by atoms with E-state index >= 15 is 0 Å². The smallest absolute Gasteiger partial charge is 0.218 e. The first kappa shape index (κ1) is 17.2. The van der Waals surface area contributed by atoms with Crippen LogP contribution in [0.1, 0.15) is 24.8 Å². The van der Waals surface area contributed by atoms with Crippen molar-refractivity contribution in [3.63, 3.8) is 0 Å². The minimum absolute atomic E-state index is 0.326. The summed E-state index contributed by atoms with van der Waals surface area (Å²) < 4.78 is 14.2. The Hall–Kier alpha value is -2.60. The molecule has 1 aliphatic heterocycles. The predicted molar refractivity (Wildman–Crippen MR) is 99.4 cm³/mol. The van der Waals surface area contributed by atoms with Gasteiger partial charge in [0.15, 0.2) is 0 Å². The largest absolute Gasteiger partial charge is 0.398 e. The minimum Gasteiger partial charge on any atom is -0.398 e. The lowest BCUT2D eigenvalue weighted by Crippen LogP contribution is -2.29. The van der Waals surface area contributed by atoms with E-state index in [1.165, 1.54) is 23.5 Å². The molecule has 1 amide bonds. The first-order chi connectivity index (χ1) is 12.1. The summed E-state index contributed by atoms with van der Waals surface area (Å²) >= 11 is 0. The third-order valence-electron chi connectivity index (χ3n) is 4.60. The molecule has 1 aliphatic rings. The zero-order valence-corrected chi connectivity index (χ0v) is 14.1. The lowest BCUT2D eigenvalue weighted by molar-refractivity contribution is -0.106. The van der Waals surface area contributed by atoms with Crippen molar-refractivity contribution in [2.45, 2.75) is 25.8 Å². The standard InChI is InChI=1S/C19H23FN4O/c20-15-8-17(23-6-2-1-3-7-23)10-18(9-15)24(13-25)16-5-4-14(12-21)19(22)11-16/h4-5,8-11,13H,1-3,6-7,12,21-22H2. The summed E-state index contributed by atoms with van der Waals surface area (Å²) in [5.74, 6) is -0.364. The van der Waals surface area contributed by atoms with Crippen molar-refractivity contribution in [1.29, 1.82) is 0 Å². The van der Waals surface area contributed by atoms with E-state index in [4.69, 9.17) is 11.5 Å². The van der Waals surface area contributed by atoms with Crippen LogP contribution >= 0.6 is 0 Å². The molecule has 0 radical (unpaired) electrons. The topological polar surface area (TPSA) is 75.6 Å². The molecular formula is C19H23FN4O. The van der Waals surface area contributed by atoms with Crippen LogP contribution in [0.2, 0.25) is 0 Å². The molecule has 0 bridgehead atoms. The van der Waals surface area contributed by atoms with Crippen molar-refractivity contribution in [3.05, 3.63) is 47.8 Å². The molecule has 0 atom stereocenters. The number of anilines is 4. The number of hydrogen-bond donors (Lipinski definition) is 2. The summed E-state index contributed by atoms with van der Waals surface area (Å²) in [6.07, 6.45) is 4.07. The zero-order valence-electron chi connectivity index (χ0n) is 14.1. The van der Waals surface area contributed by atoms with E-state index in [2.05, 4.69) is 4.90 Å². The average Bonchev–Trinajstić information content (AvgIpc) is 2.63. The molecule has 132 valence electrons. The van der Waals surface area contributed by atoms with E-state index in [0.717, 1.165) is 37.2 Å². The quantitative estimate of drug-likeness (QED) is 0.646. The van der Waals surface area contributed by atoms with Gasteiger partial charge in [0.05, 0.1) is 11.4 Å². The minimum atomic E-state index is -0.364. The Balaban J connectivity index is 1.96. The van der Waals surface area contributed by atoms with Crippen LogP contribution in [-0.4, -0.2) is 19.5 Å². The fraction of sp³-hybridized carbons (Fsp3) is 0.316. The van der Waals surface area contributed by atoms with Crippen LogP contribution in [0.3, 0.4) is 0 Å². The molecule has 1 saturated heterocycles. The first-order valence-corrected chi connectivity index (χ1v) is 8.51. The Morgan fingerprint density at radius 2 is 1.84 bits per heavy atom. The second kappa shape index (κ2) is 7.53. The SMILES string of the molecule is NCc1ccc(N(C=O)c2cc(F)cc(N3CCCCC3)c2)cc1N. The summed E-state index contributed by atoms with van der Waals surface area (Å²) in [5, 5.41) is 0. The van der Waals surface area contributed by atoms with Gasteiger partial charge < -0.3 is 16.4 Å². The molecular weight excluding hydrogens is 319 g/mol. The number of nitrogens with two attached hydrogens (primary N) is 2. The van der Waals surface area contributed by atoms with Gasteiger partial charge in [0, 0.05) is 31.0 Å². The van der Waals surface area contributed by atoms with Gasteiger partial charge in [-0.2, -0.15) is 0 Å². The highest BCUT2D eigenvalue weighted by atomic mass is 19.1. The highest BCUT2D eigenvalue weighted by molar-refractivity contribution is 5.88. The Bertz CT molecular complexity index is 759. The van der Waals surface area contributed by atoms with Crippen molar-refractivity contribution in [3.8, 4) is 0 Å². The number of nitrogen functional groups attached to an aromatic ring is 1. The normalized spacial score (nSPS) is 14.4. The Kier molecular flexibility index (Phi) is 5.19. The molecule has 25 heavy (non-hydrogen) atoms. The van der Waals surface area contributed by atoms with Crippen molar-refractivity contribution in [1.82, 2.24) is 0 Å². The van der Waals surface area contributed by atoms with Crippen molar-refractivity contribution < 1.29 is 9.18 Å². The zero-order chi connectivity index (χ0) is 17.8. The summed E-state index contributed by atoms with van der Waals surface area (Å²) in [6, 6.07) is 9.95. The monoisotopic (exact) mass is 342 g/mol. The number of carbonyl (C=O) groups excluding carboxylic acids is 1. The van der Waals surface area contributed by atoms with Crippen molar-refractivity contribution >= 4 is 29.2 Å². The summed E-state index contributed by atoms with van der Waals surface area (Å²) in [7, 11) is 0. The number of benzene rings is 2. The summed E-state index contributed by atoms with van der Waals surface area (Å²) in [6.45, 7) is 2.14. The summed E-state index contributed by atoms with van der Waals surface area (Å²) in [5.41, 5.74) is 14.8.